The molecule has 1 aromatic heterocycles. The van der Waals surface area contributed by atoms with Gasteiger partial charge in [-0.2, -0.15) is 0 Å². The maximum Gasteiger partial charge on any atom is 0.341 e. The summed E-state index contributed by atoms with van der Waals surface area (Å²) in [5.74, 6) is -0.609. The SMILES string of the molecule is CCOC(=O)CCC(=O)Nc1sc2c(c1C(=O)OC)CCC(C(C)(C)C)C2. The Morgan fingerprint density at radius 3 is 2.52 bits per heavy atom. The largest absolute Gasteiger partial charge is 0.466 e. The Labute approximate surface area is 164 Å². The van der Waals surface area contributed by atoms with Gasteiger partial charge in [-0.15, -0.1) is 11.3 Å². The molecule has 1 aromatic rings. The number of ether oxygens (including phenoxy) is 2. The van der Waals surface area contributed by atoms with Gasteiger partial charge < -0.3 is 14.8 Å². The van der Waals surface area contributed by atoms with E-state index in [-0.39, 0.29) is 24.2 Å². The van der Waals surface area contributed by atoms with Crippen LogP contribution in [0.2, 0.25) is 0 Å². The summed E-state index contributed by atoms with van der Waals surface area (Å²) < 4.78 is 9.79. The standard InChI is InChI=1S/C20H29NO5S/c1-6-26-16(23)10-9-15(22)21-18-17(19(24)25-5)13-8-7-12(20(2,3)4)11-14(13)27-18/h12H,6-11H2,1-5H3,(H,21,22). The minimum Gasteiger partial charge on any atom is -0.466 e. The number of esters is 2. The summed E-state index contributed by atoms with van der Waals surface area (Å²) in [4.78, 5) is 37.2. The molecule has 1 aliphatic carbocycles. The molecule has 0 fully saturated rings. The van der Waals surface area contributed by atoms with E-state index < -0.39 is 11.9 Å². The number of hydrogen-bond donors (Lipinski definition) is 1. The zero-order valence-electron chi connectivity index (χ0n) is 16.8. The van der Waals surface area contributed by atoms with Gasteiger partial charge in [0.25, 0.3) is 0 Å². The van der Waals surface area contributed by atoms with Crippen LogP contribution in [0.4, 0.5) is 5.00 Å². The van der Waals surface area contributed by atoms with Gasteiger partial charge in [0.2, 0.25) is 5.91 Å². The lowest BCUT2D eigenvalue weighted by atomic mass is 9.72. The van der Waals surface area contributed by atoms with E-state index in [1.54, 1.807) is 6.92 Å². The highest BCUT2D eigenvalue weighted by molar-refractivity contribution is 7.17. The summed E-state index contributed by atoms with van der Waals surface area (Å²) >= 11 is 1.45. The second kappa shape index (κ2) is 8.87. The van der Waals surface area contributed by atoms with Crippen LogP contribution in [0.25, 0.3) is 0 Å². The van der Waals surface area contributed by atoms with Gasteiger partial charge in [-0.25, -0.2) is 4.79 Å². The van der Waals surface area contributed by atoms with Gasteiger partial charge in [0, 0.05) is 11.3 Å². The Bertz CT molecular complexity index is 717. The van der Waals surface area contributed by atoms with E-state index in [1.165, 1.54) is 18.4 Å². The van der Waals surface area contributed by atoms with E-state index in [9.17, 15) is 14.4 Å². The molecule has 2 rings (SSSR count). The molecule has 0 spiro atoms. The molecular formula is C20H29NO5S. The number of hydrogen-bond acceptors (Lipinski definition) is 6. The molecule has 0 radical (unpaired) electrons. The predicted molar refractivity (Wildman–Crippen MR) is 105 cm³/mol. The average Bonchev–Trinajstić information content (AvgIpc) is 2.95. The maximum absolute atomic E-state index is 12.3. The number of anilines is 1. The van der Waals surface area contributed by atoms with Gasteiger partial charge in [-0.1, -0.05) is 20.8 Å². The minimum atomic E-state index is -0.428. The van der Waals surface area contributed by atoms with Gasteiger partial charge in [0.1, 0.15) is 5.00 Å². The minimum absolute atomic E-state index is 0.0183. The molecule has 1 unspecified atom stereocenters. The molecule has 27 heavy (non-hydrogen) atoms. The van der Waals surface area contributed by atoms with E-state index in [4.69, 9.17) is 9.47 Å². The van der Waals surface area contributed by atoms with Crippen LogP contribution < -0.4 is 5.32 Å². The van der Waals surface area contributed by atoms with Crippen molar-refractivity contribution >= 4 is 34.2 Å². The quantitative estimate of drug-likeness (QED) is 0.737. The van der Waals surface area contributed by atoms with E-state index >= 15 is 0 Å². The third kappa shape index (κ3) is 5.31. The fraction of sp³-hybridized carbons (Fsp3) is 0.650. The Balaban J connectivity index is 2.19. The van der Waals surface area contributed by atoms with Gasteiger partial charge in [0.15, 0.2) is 0 Å². The summed E-state index contributed by atoms with van der Waals surface area (Å²) in [7, 11) is 1.35. The molecule has 0 aromatic carbocycles. The van der Waals surface area contributed by atoms with Crippen molar-refractivity contribution in [2.45, 2.75) is 59.8 Å². The smallest absolute Gasteiger partial charge is 0.341 e. The van der Waals surface area contributed by atoms with Crippen LogP contribution >= 0.6 is 11.3 Å². The first-order chi connectivity index (χ1) is 12.7. The number of thiophene rings is 1. The van der Waals surface area contributed by atoms with Gasteiger partial charge in [-0.05, 0) is 43.1 Å². The van der Waals surface area contributed by atoms with Crippen LogP contribution in [-0.4, -0.2) is 31.6 Å². The van der Waals surface area contributed by atoms with Crippen LogP contribution in [-0.2, 0) is 31.9 Å². The van der Waals surface area contributed by atoms with Gasteiger partial charge >= 0.3 is 11.9 Å². The number of methoxy groups -OCH3 is 1. The normalized spacial score (nSPS) is 16.4. The first kappa shape index (κ1) is 21.4. The Hall–Kier alpha value is -1.89. The molecule has 0 bridgehead atoms. The third-order valence-electron chi connectivity index (χ3n) is 4.99. The fourth-order valence-corrected chi connectivity index (χ4v) is 4.70. The lowest BCUT2D eigenvalue weighted by molar-refractivity contribution is -0.144. The van der Waals surface area contributed by atoms with Crippen molar-refractivity contribution in [3.63, 3.8) is 0 Å². The van der Waals surface area contributed by atoms with Crippen LogP contribution in [0.1, 0.15) is 67.8 Å². The van der Waals surface area contributed by atoms with E-state index in [0.29, 0.717) is 23.1 Å². The number of amides is 1. The number of carbonyl (C=O) groups is 3. The highest BCUT2D eigenvalue weighted by atomic mass is 32.1. The zero-order valence-corrected chi connectivity index (χ0v) is 17.6. The summed E-state index contributed by atoms with van der Waals surface area (Å²) in [5, 5.41) is 3.33. The highest BCUT2D eigenvalue weighted by Crippen LogP contribution is 2.44. The van der Waals surface area contributed by atoms with E-state index in [2.05, 4.69) is 26.1 Å². The summed E-state index contributed by atoms with van der Waals surface area (Å²) in [6.45, 7) is 8.71. The molecule has 6 nitrogen and oxygen atoms in total. The number of carbonyl (C=O) groups excluding carboxylic acids is 3. The molecule has 1 heterocycles. The molecule has 0 aliphatic heterocycles. The fourth-order valence-electron chi connectivity index (χ4n) is 3.37. The Kier molecular flexibility index (Phi) is 7.03. The van der Waals surface area contributed by atoms with Crippen LogP contribution in [0, 0.1) is 11.3 Å². The monoisotopic (exact) mass is 395 g/mol. The van der Waals surface area contributed by atoms with Crippen molar-refractivity contribution in [1.29, 1.82) is 0 Å². The maximum atomic E-state index is 12.3. The molecule has 0 saturated heterocycles. The summed E-state index contributed by atoms with van der Waals surface area (Å²) in [5.41, 5.74) is 1.65. The van der Waals surface area contributed by atoms with Crippen LogP contribution in [0.5, 0.6) is 0 Å². The Morgan fingerprint density at radius 2 is 1.93 bits per heavy atom. The number of fused-ring (bicyclic) bond motifs is 1. The highest BCUT2D eigenvalue weighted by Gasteiger charge is 2.34. The second-order valence-corrected chi connectivity index (χ2v) is 8.96. The lowest BCUT2D eigenvalue weighted by Crippen LogP contribution is -2.26. The van der Waals surface area contributed by atoms with Gasteiger partial charge in [0.05, 0.1) is 25.7 Å². The summed E-state index contributed by atoms with van der Waals surface area (Å²) in [6.07, 6.45) is 2.74. The zero-order chi connectivity index (χ0) is 20.2. The van der Waals surface area contributed by atoms with Crippen LogP contribution in [0.3, 0.4) is 0 Å². The predicted octanol–water partition coefficient (Wildman–Crippen LogP) is 3.97. The number of nitrogens with one attached hydrogen (secondary N) is 1. The molecular weight excluding hydrogens is 366 g/mol. The first-order valence-corrected chi connectivity index (χ1v) is 10.2. The topological polar surface area (TPSA) is 81.7 Å². The molecule has 150 valence electrons. The molecule has 1 N–H and O–H groups in total. The number of rotatable bonds is 6. The summed E-state index contributed by atoms with van der Waals surface area (Å²) in [6, 6.07) is 0. The van der Waals surface area contributed by atoms with Crippen molar-refractivity contribution in [1.82, 2.24) is 0 Å². The average molecular weight is 396 g/mol. The van der Waals surface area contributed by atoms with E-state index in [0.717, 1.165) is 29.7 Å². The molecule has 1 aliphatic rings. The van der Waals surface area contributed by atoms with Crippen LogP contribution in [0.15, 0.2) is 0 Å². The van der Waals surface area contributed by atoms with Crippen molar-refractivity contribution < 1.29 is 23.9 Å². The molecule has 0 saturated carbocycles. The van der Waals surface area contributed by atoms with Crippen molar-refractivity contribution in [2.24, 2.45) is 11.3 Å². The second-order valence-electron chi connectivity index (χ2n) is 7.86. The van der Waals surface area contributed by atoms with Crippen molar-refractivity contribution in [3.8, 4) is 0 Å². The molecule has 7 heteroatoms. The van der Waals surface area contributed by atoms with Gasteiger partial charge in [-0.3, -0.25) is 9.59 Å². The first-order valence-electron chi connectivity index (χ1n) is 9.35. The Morgan fingerprint density at radius 1 is 1.22 bits per heavy atom. The lowest BCUT2D eigenvalue weighted by Gasteiger charge is -2.33. The molecule has 1 atom stereocenters. The third-order valence-corrected chi connectivity index (χ3v) is 6.16. The van der Waals surface area contributed by atoms with Crippen molar-refractivity contribution in [2.75, 3.05) is 19.0 Å². The molecule has 1 amide bonds. The van der Waals surface area contributed by atoms with E-state index in [1.807, 2.05) is 0 Å². The van der Waals surface area contributed by atoms with Crippen molar-refractivity contribution in [3.05, 3.63) is 16.0 Å².